The Bertz CT molecular complexity index is 351. The standard InChI is InChI=1S/C13H22BrN3/c1-4-11(5-2)17(9-8-15)13-7-6-12(14)10(3)16-13/h6-7,11H,4-5,8-9,15H2,1-3H3. The molecule has 0 fully saturated rings. The molecule has 0 unspecified atom stereocenters. The largest absolute Gasteiger partial charge is 0.352 e. The average molecular weight is 300 g/mol. The maximum Gasteiger partial charge on any atom is 0.129 e. The minimum atomic E-state index is 0.520. The summed E-state index contributed by atoms with van der Waals surface area (Å²) >= 11 is 3.48. The van der Waals surface area contributed by atoms with Crippen LogP contribution in [-0.2, 0) is 0 Å². The fourth-order valence-corrected chi connectivity index (χ4v) is 2.26. The third-order valence-electron chi connectivity index (χ3n) is 3.05. The van der Waals surface area contributed by atoms with Gasteiger partial charge < -0.3 is 10.6 Å². The van der Waals surface area contributed by atoms with Crippen LogP contribution in [0.5, 0.6) is 0 Å². The van der Waals surface area contributed by atoms with Gasteiger partial charge in [0.25, 0.3) is 0 Å². The lowest BCUT2D eigenvalue weighted by Crippen LogP contribution is -2.39. The number of anilines is 1. The molecule has 1 heterocycles. The number of nitrogens with zero attached hydrogens (tertiary/aromatic N) is 2. The normalized spacial score (nSPS) is 10.9. The van der Waals surface area contributed by atoms with E-state index in [1.165, 1.54) is 0 Å². The Kier molecular flexibility index (Phi) is 5.92. The van der Waals surface area contributed by atoms with Crippen molar-refractivity contribution in [1.29, 1.82) is 0 Å². The van der Waals surface area contributed by atoms with Crippen LogP contribution in [0.2, 0.25) is 0 Å². The van der Waals surface area contributed by atoms with Crippen molar-refractivity contribution >= 4 is 21.7 Å². The number of pyridine rings is 1. The van der Waals surface area contributed by atoms with Crippen molar-refractivity contribution in [2.75, 3.05) is 18.0 Å². The summed E-state index contributed by atoms with van der Waals surface area (Å²) in [5.41, 5.74) is 6.73. The molecule has 0 aromatic carbocycles. The minimum absolute atomic E-state index is 0.520. The Morgan fingerprint density at radius 1 is 1.35 bits per heavy atom. The molecular weight excluding hydrogens is 278 g/mol. The first-order chi connectivity index (χ1) is 8.13. The van der Waals surface area contributed by atoms with Crippen molar-refractivity contribution < 1.29 is 0 Å². The fourth-order valence-electron chi connectivity index (χ4n) is 2.04. The number of aromatic nitrogens is 1. The van der Waals surface area contributed by atoms with Crippen LogP contribution in [-0.4, -0.2) is 24.1 Å². The first-order valence-corrected chi connectivity index (χ1v) is 7.03. The van der Waals surface area contributed by atoms with Gasteiger partial charge in [-0.3, -0.25) is 0 Å². The minimum Gasteiger partial charge on any atom is -0.352 e. The monoisotopic (exact) mass is 299 g/mol. The molecule has 0 saturated carbocycles. The molecular formula is C13H22BrN3. The Labute approximate surface area is 113 Å². The molecule has 0 atom stereocenters. The Hall–Kier alpha value is -0.610. The lowest BCUT2D eigenvalue weighted by Gasteiger charge is -2.31. The molecule has 96 valence electrons. The van der Waals surface area contributed by atoms with Crippen molar-refractivity contribution in [2.24, 2.45) is 5.73 Å². The van der Waals surface area contributed by atoms with Gasteiger partial charge in [0.15, 0.2) is 0 Å². The molecule has 0 radical (unpaired) electrons. The number of aryl methyl sites for hydroxylation is 1. The van der Waals surface area contributed by atoms with Gasteiger partial charge in [-0.2, -0.15) is 0 Å². The zero-order valence-electron chi connectivity index (χ0n) is 10.9. The van der Waals surface area contributed by atoms with Crippen LogP contribution in [0.3, 0.4) is 0 Å². The van der Waals surface area contributed by atoms with Crippen LogP contribution in [0.25, 0.3) is 0 Å². The summed E-state index contributed by atoms with van der Waals surface area (Å²) < 4.78 is 1.05. The molecule has 3 nitrogen and oxygen atoms in total. The van der Waals surface area contributed by atoms with Crippen LogP contribution in [0.15, 0.2) is 16.6 Å². The molecule has 0 amide bonds. The van der Waals surface area contributed by atoms with E-state index in [0.717, 1.165) is 35.4 Å². The number of rotatable bonds is 6. The highest BCUT2D eigenvalue weighted by Crippen LogP contribution is 2.22. The van der Waals surface area contributed by atoms with Gasteiger partial charge in [0, 0.05) is 23.6 Å². The Morgan fingerprint density at radius 2 is 2.00 bits per heavy atom. The van der Waals surface area contributed by atoms with E-state index >= 15 is 0 Å². The van der Waals surface area contributed by atoms with Crippen molar-refractivity contribution in [3.05, 3.63) is 22.3 Å². The summed E-state index contributed by atoms with van der Waals surface area (Å²) in [4.78, 5) is 6.95. The van der Waals surface area contributed by atoms with Gasteiger partial charge in [-0.25, -0.2) is 4.98 Å². The van der Waals surface area contributed by atoms with Crippen LogP contribution >= 0.6 is 15.9 Å². The van der Waals surface area contributed by atoms with E-state index in [9.17, 15) is 0 Å². The van der Waals surface area contributed by atoms with Gasteiger partial charge in [0.05, 0.1) is 5.69 Å². The molecule has 4 heteroatoms. The molecule has 0 aliphatic carbocycles. The highest BCUT2D eigenvalue weighted by Gasteiger charge is 2.16. The summed E-state index contributed by atoms with van der Waals surface area (Å²) in [5.74, 6) is 1.03. The van der Waals surface area contributed by atoms with E-state index in [-0.39, 0.29) is 0 Å². The third kappa shape index (κ3) is 3.68. The second-order valence-electron chi connectivity index (χ2n) is 4.19. The van der Waals surface area contributed by atoms with E-state index in [0.29, 0.717) is 12.6 Å². The summed E-state index contributed by atoms with van der Waals surface area (Å²) in [5, 5.41) is 0. The van der Waals surface area contributed by atoms with E-state index < -0.39 is 0 Å². The van der Waals surface area contributed by atoms with Crippen LogP contribution in [0, 0.1) is 6.92 Å². The summed E-state index contributed by atoms with van der Waals surface area (Å²) in [7, 11) is 0. The fraction of sp³-hybridized carbons (Fsp3) is 0.615. The Balaban J connectivity index is 2.99. The van der Waals surface area contributed by atoms with Gasteiger partial charge in [-0.15, -0.1) is 0 Å². The predicted molar refractivity (Wildman–Crippen MR) is 77.4 cm³/mol. The molecule has 1 rings (SSSR count). The average Bonchev–Trinajstić information content (AvgIpc) is 2.33. The SMILES string of the molecule is CCC(CC)N(CCN)c1ccc(Br)c(C)n1. The van der Waals surface area contributed by atoms with E-state index in [1.807, 2.05) is 6.92 Å². The van der Waals surface area contributed by atoms with E-state index in [2.05, 4.69) is 51.8 Å². The van der Waals surface area contributed by atoms with Crippen LogP contribution in [0.4, 0.5) is 5.82 Å². The summed E-state index contributed by atoms with van der Waals surface area (Å²) in [6.45, 7) is 7.96. The Morgan fingerprint density at radius 3 is 2.47 bits per heavy atom. The van der Waals surface area contributed by atoms with Crippen molar-refractivity contribution in [1.82, 2.24) is 4.98 Å². The van der Waals surface area contributed by atoms with Gasteiger partial charge in [0.1, 0.15) is 5.82 Å². The van der Waals surface area contributed by atoms with E-state index in [4.69, 9.17) is 5.73 Å². The number of hydrogen-bond acceptors (Lipinski definition) is 3. The smallest absolute Gasteiger partial charge is 0.129 e. The van der Waals surface area contributed by atoms with E-state index in [1.54, 1.807) is 0 Å². The summed E-state index contributed by atoms with van der Waals surface area (Å²) in [6, 6.07) is 4.64. The maximum absolute atomic E-state index is 5.70. The predicted octanol–water partition coefficient (Wildman–Crippen LogP) is 3.11. The van der Waals surface area contributed by atoms with Crippen molar-refractivity contribution in [2.45, 2.75) is 39.7 Å². The van der Waals surface area contributed by atoms with Gasteiger partial charge in [-0.05, 0) is 47.8 Å². The highest BCUT2D eigenvalue weighted by molar-refractivity contribution is 9.10. The zero-order valence-corrected chi connectivity index (χ0v) is 12.5. The van der Waals surface area contributed by atoms with Crippen LogP contribution in [0.1, 0.15) is 32.4 Å². The molecule has 1 aromatic rings. The number of nitrogens with two attached hydrogens (primary N) is 1. The van der Waals surface area contributed by atoms with Gasteiger partial charge >= 0.3 is 0 Å². The topological polar surface area (TPSA) is 42.1 Å². The van der Waals surface area contributed by atoms with Crippen molar-refractivity contribution in [3.8, 4) is 0 Å². The molecule has 0 aliphatic rings. The first kappa shape index (κ1) is 14.5. The summed E-state index contributed by atoms with van der Waals surface area (Å²) in [6.07, 6.45) is 2.24. The third-order valence-corrected chi connectivity index (χ3v) is 3.89. The quantitative estimate of drug-likeness (QED) is 0.877. The number of hydrogen-bond donors (Lipinski definition) is 1. The molecule has 0 saturated heterocycles. The van der Waals surface area contributed by atoms with Crippen LogP contribution < -0.4 is 10.6 Å². The molecule has 0 bridgehead atoms. The molecule has 17 heavy (non-hydrogen) atoms. The molecule has 0 spiro atoms. The second kappa shape index (κ2) is 6.97. The first-order valence-electron chi connectivity index (χ1n) is 6.23. The molecule has 1 aromatic heterocycles. The molecule has 2 N–H and O–H groups in total. The molecule has 0 aliphatic heterocycles. The lowest BCUT2D eigenvalue weighted by molar-refractivity contribution is 0.554. The lowest BCUT2D eigenvalue weighted by atomic mass is 10.1. The van der Waals surface area contributed by atoms with Gasteiger partial charge in [-0.1, -0.05) is 13.8 Å². The highest BCUT2D eigenvalue weighted by atomic mass is 79.9. The number of halogens is 1. The maximum atomic E-state index is 5.70. The van der Waals surface area contributed by atoms with Gasteiger partial charge in [0.2, 0.25) is 0 Å². The van der Waals surface area contributed by atoms with Crippen molar-refractivity contribution in [3.63, 3.8) is 0 Å². The second-order valence-corrected chi connectivity index (χ2v) is 5.04. The zero-order chi connectivity index (χ0) is 12.8.